The smallest absolute Gasteiger partial charge is 0.0907 e. The third-order valence-electron chi connectivity index (χ3n) is 2.77. The second-order valence-corrected chi connectivity index (χ2v) is 4.22. The van der Waals surface area contributed by atoms with E-state index in [0.717, 1.165) is 18.9 Å². The highest BCUT2D eigenvalue weighted by molar-refractivity contribution is 5.18. The maximum absolute atomic E-state index is 5.75. The molecule has 2 unspecified atom stereocenters. The normalized spacial score (nSPS) is 41.1. The van der Waals surface area contributed by atoms with E-state index in [1.165, 1.54) is 18.4 Å². The molecule has 0 N–H and O–H groups in total. The Labute approximate surface area is 74.1 Å². The molecule has 0 amide bonds. The zero-order chi connectivity index (χ0) is 8.60. The predicted molar refractivity (Wildman–Crippen MR) is 50.0 cm³/mol. The molecule has 0 bridgehead atoms. The Bertz CT molecular complexity index is 229. The number of ether oxygens (including phenoxy) is 1. The molecule has 0 aromatic heterocycles. The first-order chi connectivity index (χ1) is 5.70. The predicted octanol–water partition coefficient (Wildman–Crippen LogP) is 2.69. The Balaban J connectivity index is 2.15. The summed E-state index contributed by atoms with van der Waals surface area (Å²) in [5.74, 6) is 0.731. The molecule has 1 heteroatoms. The molecule has 12 heavy (non-hydrogen) atoms. The third-order valence-corrected chi connectivity index (χ3v) is 2.77. The Morgan fingerprint density at radius 2 is 2.50 bits per heavy atom. The van der Waals surface area contributed by atoms with Gasteiger partial charge in [0.1, 0.15) is 0 Å². The Kier molecular flexibility index (Phi) is 1.84. The SMILES string of the molecule is C=C1CC(C)CC2(C=CCO2)C1. The van der Waals surface area contributed by atoms with Crippen LogP contribution in [0, 0.1) is 5.92 Å². The van der Waals surface area contributed by atoms with E-state index >= 15 is 0 Å². The van der Waals surface area contributed by atoms with Gasteiger partial charge in [-0.05, 0) is 18.8 Å². The molecule has 2 atom stereocenters. The lowest BCUT2D eigenvalue weighted by Crippen LogP contribution is -2.34. The largest absolute Gasteiger partial charge is 0.367 e. The van der Waals surface area contributed by atoms with Crippen LogP contribution in [0.5, 0.6) is 0 Å². The molecule has 1 aliphatic heterocycles. The maximum atomic E-state index is 5.75. The van der Waals surface area contributed by atoms with Gasteiger partial charge in [0.05, 0.1) is 12.2 Å². The third kappa shape index (κ3) is 1.34. The first kappa shape index (κ1) is 8.06. The summed E-state index contributed by atoms with van der Waals surface area (Å²) in [6.07, 6.45) is 7.74. The second-order valence-electron chi connectivity index (χ2n) is 4.22. The highest BCUT2D eigenvalue weighted by Crippen LogP contribution is 2.40. The van der Waals surface area contributed by atoms with Crippen molar-refractivity contribution in [1.82, 2.24) is 0 Å². The van der Waals surface area contributed by atoms with Crippen molar-refractivity contribution in [3.8, 4) is 0 Å². The topological polar surface area (TPSA) is 9.23 Å². The van der Waals surface area contributed by atoms with Crippen molar-refractivity contribution >= 4 is 0 Å². The Hall–Kier alpha value is -0.560. The summed E-state index contributed by atoms with van der Waals surface area (Å²) < 4.78 is 5.75. The van der Waals surface area contributed by atoms with Crippen molar-refractivity contribution in [2.45, 2.75) is 31.8 Å². The van der Waals surface area contributed by atoms with E-state index in [0.29, 0.717) is 0 Å². The van der Waals surface area contributed by atoms with Crippen LogP contribution in [0.3, 0.4) is 0 Å². The fourth-order valence-corrected chi connectivity index (χ4v) is 2.48. The summed E-state index contributed by atoms with van der Waals surface area (Å²) in [6.45, 7) is 7.14. The minimum absolute atomic E-state index is 0.0365. The molecule has 1 heterocycles. The van der Waals surface area contributed by atoms with Gasteiger partial charge < -0.3 is 4.74 Å². The van der Waals surface area contributed by atoms with Gasteiger partial charge in [-0.25, -0.2) is 0 Å². The molecule has 0 aromatic rings. The zero-order valence-electron chi connectivity index (χ0n) is 7.68. The summed E-state index contributed by atoms with van der Waals surface area (Å²) in [5.41, 5.74) is 1.38. The molecule has 1 nitrogen and oxygen atoms in total. The first-order valence-electron chi connectivity index (χ1n) is 4.68. The molecule has 2 rings (SSSR count). The summed E-state index contributed by atoms with van der Waals surface area (Å²) in [7, 11) is 0. The molecule has 2 aliphatic rings. The molecular formula is C11H16O. The van der Waals surface area contributed by atoms with Crippen molar-refractivity contribution in [2.24, 2.45) is 5.92 Å². The van der Waals surface area contributed by atoms with E-state index in [2.05, 4.69) is 25.7 Å². The quantitative estimate of drug-likeness (QED) is 0.500. The molecule has 66 valence electrons. The summed E-state index contributed by atoms with van der Waals surface area (Å²) in [6, 6.07) is 0. The highest BCUT2D eigenvalue weighted by atomic mass is 16.5. The lowest BCUT2D eigenvalue weighted by atomic mass is 9.77. The van der Waals surface area contributed by atoms with Crippen molar-refractivity contribution in [2.75, 3.05) is 6.61 Å². The van der Waals surface area contributed by atoms with Gasteiger partial charge in [-0.3, -0.25) is 0 Å². The molecule has 0 radical (unpaired) electrons. The van der Waals surface area contributed by atoms with Crippen LogP contribution in [0.1, 0.15) is 26.2 Å². The van der Waals surface area contributed by atoms with Gasteiger partial charge in [0.15, 0.2) is 0 Å². The van der Waals surface area contributed by atoms with Crippen LogP contribution in [-0.2, 0) is 4.74 Å². The molecule has 1 aliphatic carbocycles. The van der Waals surface area contributed by atoms with Gasteiger partial charge >= 0.3 is 0 Å². The van der Waals surface area contributed by atoms with Crippen molar-refractivity contribution in [1.29, 1.82) is 0 Å². The molecule has 1 saturated carbocycles. The van der Waals surface area contributed by atoms with Crippen molar-refractivity contribution in [3.05, 3.63) is 24.3 Å². The first-order valence-corrected chi connectivity index (χ1v) is 4.68. The Morgan fingerprint density at radius 1 is 1.67 bits per heavy atom. The van der Waals surface area contributed by atoms with Crippen molar-refractivity contribution in [3.63, 3.8) is 0 Å². The van der Waals surface area contributed by atoms with Gasteiger partial charge in [-0.1, -0.05) is 31.2 Å². The molecule has 0 saturated heterocycles. The fourth-order valence-electron chi connectivity index (χ4n) is 2.48. The van der Waals surface area contributed by atoms with E-state index in [9.17, 15) is 0 Å². The van der Waals surface area contributed by atoms with Crippen LogP contribution in [0.4, 0.5) is 0 Å². The minimum Gasteiger partial charge on any atom is -0.367 e. The van der Waals surface area contributed by atoms with Gasteiger partial charge in [0, 0.05) is 6.42 Å². The lowest BCUT2D eigenvalue weighted by molar-refractivity contribution is -0.00212. The van der Waals surface area contributed by atoms with E-state index in [-0.39, 0.29) is 5.60 Å². The molecule has 1 spiro atoms. The average Bonchev–Trinajstić information content (AvgIpc) is 2.33. The average molecular weight is 164 g/mol. The van der Waals surface area contributed by atoms with Crippen molar-refractivity contribution < 1.29 is 4.74 Å². The summed E-state index contributed by atoms with van der Waals surface area (Å²) >= 11 is 0. The van der Waals surface area contributed by atoms with Gasteiger partial charge in [0.25, 0.3) is 0 Å². The van der Waals surface area contributed by atoms with Gasteiger partial charge in [0.2, 0.25) is 0 Å². The molecule has 0 aromatic carbocycles. The van der Waals surface area contributed by atoms with Crippen LogP contribution < -0.4 is 0 Å². The van der Waals surface area contributed by atoms with Crippen LogP contribution in [0.15, 0.2) is 24.3 Å². The lowest BCUT2D eigenvalue weighted by Gasteiger charge is -2.36. The van der Waals surface area contributed by atoms with Crippen LogP contribution in [-0.4, -0.2) is 12.2 Å². The standard InChI is InChI=1S/C11H16O/c1-9-6-10(2)8-11(7-9)4-3-5-12-11/h3-4,10H,1,5-8H2,2H3. The zero-order valence-corrected chi connectivity index (χ0v) is 7.68. The van der Waals surface area contributed by atoms with Crippen LogP contribution >= 0.6 is 0 Å². The van der Waals surface area contributed by atoms with E-state index < -0.39 is 0 Å². The fraction of sp³-hybridized carbons (Fsp3) is 0.636. The van der Waals surface area contributed by atoms with Gasteiger partial charge in [-0.2, -0.15) is 0 Å². The molecular weight excluding hydrogens is 148 g/mol. The van der Waals surface area contributed by atoms with E-state index in [1.54, 1.807) is 0 Å². The second kappa shape index (κ2) is 2.74. The minimum atomic E-state index is 0.0365. The maximum Gasteiger partial charge on any atom is 0.0907 e. The van der Waals surface area contributed by atoms with Crippen LogP contribution in [0.25, 0.3) is 0 Å². The highest BCUT2D eigenvalue weighted by Gasteiger charge is 2.36. The summed E-state index contributed by atoms with van der Waals surface area (Å²) in [5, 5.41) is 0. The number of rotatable bonds is 0. The Morgan fingerprint density at radius 3 is 3.08 bits per heavy atom. The van der Waals surface area contributed by atoms with E-state index in [4.69, 9.17) is 4.74 Å². The van der Waals surface area contributed by atoms with Crippen LogP contribution in [0.2, 0.25) is 0 Å². The molecule has 1 fully saturated rings. The number of hydrogen-bond donors (Lipinski definition) is 0. The number of hydrogen-bond acceptors (Lipinski definition) is 1. The van der Waals surface area contributed by atoms with Gasteiger partial charge in [-0.15, -0.1) is 0 Å². The summed E-state index contributed by atoms with van der Waals surface area (Å²) in [4.78, 5) is 0. The monoisotopic (exact) mass is 164 g/mol. The van der Waals surface area contributed by atoms with E-state index in [1.807, 2.05) is 0 Å².